The van der Waals surface area contributed by atoms with Crippen LogP contribution in [-0.2, 0) is 24.2 Å². The molecule has 9 heteroatoms. The van der Waals surface area contributed by atoms with Gasteiger partial charge in [0.1, 0.15) is 18.0 Å². The number of aryl methyl sites for hydroxylation is 1. The molecule has 0 fully saturated rings. The van der Waals surface area contributed by atoms with Crippen molar-refractivity contribution in [2.24, 2.45) is 0 Å². The van der Waals surface area contributed by atoms with Gasteiger partial charge in [0.25, 0.3) is 0 Å². The standard InChI is InChI=1S/C32H44F2N6O/c1-5-10-29(36-26-14-13-23-17-25(33)18-28(34)27(23)19-26)32(41)37-31-21-40(22-35-31)30-12-9-8-11-24(30)20-38(4)15-16-39(6-2)7-3/h8-9,11-12,17-18,21-22,26,29,36H,5-7,10,13-16,19-20H2,1-4H3,(H,37,41)/t26-,29?/m0/s1. The molecule has 0 saturated carbocycles. The van der Waals surface area contributed by atoms with E-state index >= 15 is 0 Å². The van der Waals surface area contributed by atoms with Crippen LogP contribution in [0.2, 0.25) is 0 Å². The van der Waals surface area contributed by atoms with Crippen LogP contribution in [0.3, 0.4) is 0 Å². The van der Waals surface area contributed by atoms with Gasteiger partial charge in [-0.3, -0.25) is 4.79 Å². The minimum atomic E-state index is -0.541. The van der Waals surface area contributed by atoms with Gasteiger partial charge in [0.05, 0.1) is 17.9 Å². The highest BCUT2D eigenvalue weighted by Crippen LogP contribution is 2.26. The molecule has 2 N–H and O–H groups in total. The van der Waals surface area contributed by atoms with E-state index in [0.29, 0.717) is 30.6 Å². The Morgan fingerprint density at radius 1 is 1.15 bits per heavy atom. The Hall–Kier alpha value is -3.14. The minimum Gasteiger partial charge on any atom is -0.308 e. The quantitative estimate of drug-likeness (QED) is 0.282. The fraction of sp³-hybridized carbons (Fsp3) is 0.500. The van der Waals surface area contributed by atoms with Crippen molar-refractivity contribution in [3.05, 3.63) is 77.2 Å². The van der Waals surface area contributed by atoms with Gasteiger partial charge in [-0.2, -0.15) is 0 Å². The van der Waals surface area contributed by atoms with Crippen LogP contribution in [0.4, 0.5) is 14.6 Å². The Labute approximate surface area is 242 Å². The average molecular weight is 567 g/mol. The lowest BCUT2D eigenvalue weighted by Crippen LogP contribution is -2.48. The summed E-state index contributed by atoms with van der Waals surface area (Å²) < 4.78 is 30.0. The number of carbonyl (C=O) groups is 1. The maximum Gasteiger partial charge on any atom is 0.242 e. The summed E-state index contributed by atoms with van der Waals surface area (Å²) in [6.07, 6.45) is 6.77. The SMILES string of the molecule is CCCC(N[C@H]1CCc2cc(F)cc(F)c2C1)C(=O)Nc1cn(-c2ccccc2CN(C)CCN(CC)CC)cn1. The van der Waals surface area contributed by atoms with Crippen molar-refractivity contribution < 1.29 is 13.6 Å². The Balaban J connectivity index is 1.39. The number of fused-ring (bicyclic) bond motifs is 1. The molecule has 1 unspecified atom stereocenters. The first-order chi connectivity index (χ1) is 19.8. The van der Waals surface area contributed by atoms with Gasteiger partial charge in [-0.15, -0.1) is 0 Å². The summed E-state index contributed by atoms with van der Waals surface area (Å²) in [6, 6.07) is 10.1. The monoisotopic (exact) mass is 566 g/mol. The molecule has 0 saturated heterocycles. The number of imidazole rings is 1. The third-order valence-electron chi connectivity index (χ3n) is 8.03. The zero-order chi connectivity index (χ0) is 29.4. The van der Waals surface area contributed by atoms with E-state index < -0.39 is 17.7 Å². The normalized spacial score (nSPS) is 15.8. The molecule has 1 heterocycles. The molecule has 2 atom stereocenters. The van der Waals surface area contributed by atoms with Gasteiger partial charge in [-0.05, 0) is 74.6 Å². The van der Waals surface area contributed by atoms with Crippen LogP contribution in [0, 0.1) is 11.6 Å². The minimum absolute atomic E-state index is 0.0621. The second kappa shape index (κ2) is 14.7. The first-order valence-corrected chi connectivity index (χ1v) is 14.9. The largest absolute Gasteiger partial charge is 0.308 e. The molecule has 1 aliphatic carbocycles. The number of aromatic nitrogens is 2. The molecule has 1 amide bonds. The van der Waals surface area contributed by atoms with Crippen molar-refractivity contribution in [2.75, 3.05) is 38.5 Å². The molecular formula is C32H44F2N6O. The fourth-order valence-electron chi connectivity index (χ4n) is 5.64. The molecule has 2 aromatic carbocycles. The molecule has 222 valence electrons. The van der Waals surface area contributed by atoms with E-state index in [2.05, 4.69) is 58.4 Å². The molecule has 0 spiro atoms. The molecule has 41 heavy (non-hydrogen) atoms. The molecule has 0 aliphatic heterocycles. The van der Waals surface area contributed by atoms with Crippen LogP contribution in [0.25, 0.3) is 5.69 Å². The van der Waals surface area contributed by atoms with E-state index in [1.54, 1.807) is 6.33 Å². The highest BCUT2D eigenvalue weighted by Gasteiger charge is 2.27. The summed E-state index contributed by atoms with van der Waals surface area (Å²) in [7, 11) is 2.14. The Kier molecular flexibility index (Phi) is 11.0. The summed E-state index contributed by atoms with van der Waals surface area (Å²) >= 11 is 0. The summed E-state index contributed by atoms with van der Waals surface area (Å²) in [6.45, 7) is 11.3. The smallest absolute Gasteiger partial charge is 0.242 e. The summed E-state index contributed by atoms with van der Waals surface area (Å²) in [4.78, 5) is 22.5. The Morgan fingerprint density at radius 3 is 2.68 bits per heavy atom. The van der Waals surface area contributed by atoms with E-state index in [1.807, 2.05) is 29.8 Å². The number of para-hydroxylation sites is 1. The number of hydrogen-bond donors (Lipinski definition) is 2. The van der Waals surface area contributed by atoms with Crippen LogP contribution in [0.1, 0.15) is 56.7 Å². The molecule has 4 rings (SSSR count). The van der Waals surface area contributed by atoms with Crippen molar-refractivity contribution in [3.8, 4) is 5.69 Å². The molecule has 0 bridgehead atoms. The predicted octanol–water partition coefficient (Wildman–Crippen LogP) is 5.18. The number of rotatable bonds is 14. The van der Waals surface area contributed by atoms with Crippen LogP contribution >= 0.6 is 0 Å². The Morgan fingerprint density at radius 2 is 1.93 bits per heavy atom. The summed E-state index contributed by atoms with van der Waals surface area (Å²) in [5.74, 6) is -0.728. The van der Waals surface area contributed by atoms with Crippen molar-refractivity contribution in [2.45, 2.75) is 71.5 Å². The highest BCUT2D eigenvalue weighted by atomic mass is 19.1. The van der Waals surface area contributed by atoms with Gasteiger partial charge >= 0.3 is 0 Å². The Bertz CT molecular complexity index is 1290. The zero-order valence-electron chi connectivity index (χ0n) is 24.8. The number of hydrogen-bond acceptors (Lipinski definition) is 5. The molecule has 1 aromatic heterocycles. The van der Waals surface area contributed by atoms with Gasteiger partial charge in [-0.25, -0.2) is 13.8 Å². The van der Waals surface area contributed by atoms with E-state index in [-0.39, 0.29) is 11.9 Å². The molecular weight excluding hydrogens is 522 g/mol. The maximum absolute atomic E-state index is 14.4. The topological polar surface area (TPSA) is 65.4 Å². The number of halogens is 2. The zero-order valence-corrected chi connectivity index (χ0v) is 24.8. The van der Waals surface area contributed by atoms with Crippen molar-refractivity contribution in [1.82, 2.24) is 24.7 Å². The van der Waals surface area contributed by atoms with Crippen LogP contribution in [0.5, 0.6) is 0 Å². The second-order valence-electron chi connectivity index (χ2n) is 11.0. The van der Waals surface area contributed by atoms with E-state index in [9.17, 15) is 13.6 Å². The average Bonchev–Trinajstić information content (AvgIpc) is 3.42. The summed E-state index contributed by atoms with van der Waals surface area (Å²) in [5, 5.41) is 6.42. The number of nitrogens with zero attached hydrogens (tertiary/aromatic N) is 4. The molecule has 3 aromatic rings. The van der Waals surface area contributed by atoms with E-state index in [0.717, 1.165) is 62.9 Å². The van der Waals surface area contributed by atoms with Gasteiger partial charge in [0, 0.05) is 31.7 Å². The third-order valence-corrected chi connectivity index (χ3v) is 8.03. The second-order valence-corrected chi connectivity index (χ2v) is 11.0. The van der Waals surface area contributed by atoms with Crippen molar-refractivity contribution in [1.29, 1.82) is 0 Å². The number of likely N-dealkylation sites (N-methyl/N-ethyl adjacent to an activating group) is 2. The van der Waals surface area contributed by atoms with Crippen LogP contribution in [-0.4, -0.2) is 70.6 Å². The molecule has 1 aliphatic rings. The number of nitrogens with one attached hydrogen (secondary N) is 2. The lowest BCUT2D eigenvalue weighted by Gasteiger charge is -2.29. The number of carbonyl (C=O) groups excluding carboxylic acids is 1. The number of amides is 1. The first-order valence-electron chi connectivity index (χ1n) is 14.9. The fourth-order valence-corrected chi connectivity index (χ4v) is 5.64. The van der Waals surface area contributed by atoms with Crippen LogP contribution < -0.4 is 10.6 Å². The van der Waals surface area contributed by atoms with Gasteiger partial charge in [0.15, 0.2) is 5.82 Å². The van der Waals surface area contributed by atoms with E-state index in [1.165, 1.54) is 11.6 Å². The molecule has 0 radical (unpaired) electrons. The van der Waals surface area contributed by atoms with Crippen LogP contribution in [0.15, 0.2) is 48.9 Å². The predicted molar refractivity (Wildman–Crippen MR) is 160 cm³/mol. The molecule has 7 nitrogen and oxygen atoms in total. The lowest BCUT2D eigenvalue weighted by atomic mass is 9.87. The highest BCUT2D eigenvalue weighted by molar-refractivity contribution is 5.94. The van der Waals surface area contributed by atoms with E-state index in [4.69, 9.17) is 0 Å². The van der Waals surface area contributed by atoms with Gasteiger partial charge in [0.2, 0.25) is 5.91 Å². The first kappa shape index (κ1) is 30.8. The maximum atomic E-state index is 14.4. The van der Waals surface area contributed by atoms with Gasteiger partial charge in [-0.1, -0.05) is 45.4 Å². The summed E-state index contributed by atoms with van der Waals surface area (Å²) in [5.41, 5.74) is 3.47. The number of anilines is 1. The number of benzene rings is 2. The van der Waals surface area contributed by atoms with Gasteiger partial charge < -0.3 is 25.0 Å². The van der Waals surface area contributed by atoms with Crippen molar-refractivity contribution in [3.63, 3.8) is 0 Å². The lowest BCUT2D eigenvalue weighted by molar-refractivity contribution is -0.118. The van der Waals surface area contributed by atoms with Crippen molar-refractivity contribution >= 4 is 11.7 Å². The third kappa shape index (κ3) is 8.21.